The number of nitrogens with zero attached hydrogens (tertiary/aromatic N) is 1. The number of primary sulfonamides is 1. The van der Waals surface area contributed by atoms with Gasteiger partial charge in [-0.1, -0.05) is 0 Å². The van der Waals surface area contributed by atoms with E-state index >= 15 is 0 Å². The summed E-state index contributed by atoms with van der Waals surface area (Å²) in [6.45, 7) is 0. The van der Waals surface area contributed by atoms with Crippen molar-refractivity contribution in [1.82, 2.24) is 10.2 Å². The Hall–Kier alpha value is -1.41. The van der Waals surface area contributed by atoms with Crippen LogP contribution >= 0.6 is 0 Å². The average molecular weight is 299 g/mol. The van der Waals surface area contributed by atoms with Gasteiger partial charge in [0.1, 0.15) is 11.0 Å². The Labute approximate surface area is 116 Å². The Bertz CT molecular complexity index is 627. The zero-order valence-corrected chi connectivity index (χ0v) is 11.8. The summed E-state index contributed by atoms with van der Waals surface area (Å²) in [6.07, 6.45) is 5.29. The normalized spacial score (nSPS) is 20.2. The molecule has 0 atom stereocenters. The molecule has 8 heteroatoms. The van der Waals surface area contributed by atoms with E-state index < -0.39 is 16.0 Å². The molecular weight excluding hydrogens is 282 g/mol. The molecule has 0 aromatic carbocycles. The van der Waals surface area contributed by atoms with Crippen molar-refractivity contribution >= 4 is 16.0 Å². The van der Waals surface area contributed by atoms with Gasteiger partial charge in [0, 0.05) is 5.92 Å². The molecule has 0 aliphatic heterocycles. The van der Waals surface area contributed by atoms with Gasteiger partial charge in [-0.05, 0) is 38.5 Å². The van der Waals surface area contributed by atoms with Crippen LogP contribution in [0.3, 0.4) is 0 Å². The van der Waals surface area contributed by atoms with Gasteiger partial charge < -0.3 is 4.74 Å². The van der Waals surface area contributed by atoms with Crippen LogP contribution in [0, 0.1) is 0 Å². The molecule has 2 saturated carbocycles. The van der Waals surface area contributed by atoms with Gasteiger partial charge in [-0.3, -0.25) is 5.10 Å². The van der Waals surface area contributed by atoms with Gasteiger partial charge in [-0.2, -0.15) is 5.10 Å². The van der Waals surface area contributed by atoms with Gasteiger partial charge >= 0.3 is 5.97 Å². The maximum Gasteiger partial charge on any atom is 0.360 e. The molecule has 2 aliphatic rings. The molecule has 2 fully saturated rings. The number of esters is 1. The predicted octanol–water partition coefficient (Wildman–Crippen LogP) is 1.03. The molecular formula is C12H17N3O4S. The minimum atomic E-state index is -4.00. The number of hydrogen-bond donors (Lipinski definition) is 2. The molecule has 1 heterocycles. The van der Waals surface area contributed by atoms with Crippen LogP contribution in [0.25, 0.3) is 0 Å². The number of rotatable bonds is 4. The van der Waals surface area contributed by atoms with Crippen LogP contribution < -0.4 is 5.14 Å². The van der Waals surface area contributed by atoms with Crippen LogP contribution in [0.15, 0.2) is 4.90 Å². The van der Waals surface area contributed by atoms with E-state index in [9.17, 15) is 13.2 Å². The summed E-state index contributed by atoms with van der Waals surface area (Å²) in [5.74, 6) is -0.604. The molecule has 7 nitrogen and oxygen atoms in total. The fourth-order valence-electron chi connectivity index (χ4n) is 2.63. The molecule has 3 rings (SSSR count). The molecule has 20 heavy (non-hydrogen) atoms. The van der Waals surface area contributed by atoms with Gasteiger partial charge in [0.2, 0.25) is 10.0 Å². The highest BCUT2D eigenvalue weighted by Crippen LogP contribution is 2.42. The largest absolute Gasteiger partial charge is 0.458 e. The number of carbonyl (C=O) groups excluding carboxylic acids is 1. The second-order valence-corrected chi connectivity index (χ2v) is 6.94. The lowest BCUT2D eigenvalue weighted by Crippen LogP contribution is -2.21. The highest BCUT2D eigenvalue weighted by atomic mass is 32.2. The van der Waals surface area contributed by atoms with E-state index in [1.165, 1.54) is 0 Å². The first kappa shape index (κ1) is 13.6. The van der Waals surface area contributed by atoms with E-state index in [4.69, 9.17) is 9.88 Å². The van der Waals surface area contributed by atoms with Crippen molar-refractivity contribution in [1.29, 1.82) is 0 Å². The van der Waals surface area contributed by atoms with Crippen molar-refractivity contribution in [2.24, 2.45) is 5.14 Å². The Morgan fingerprint density at radius 2 is 1.90 bits per heavy atom. The number of carbonyl (C=O) groups is 1. The van der Waals surface area contributed by atoms with Gasteiger partial charge in [0.05, 0.1) is 5.69 Å². The van der Waals surface area contributed by atoms with Gasteiger partial charge in [-0.15, -0.1) is 0 Å². The molecule has 110 valence electrons. The van der Waals surface area contributed by atoms with E-state index in [1.807, 2.05) is 0 Å². The summed E-state index contributed by atoms with van der Waals surface area (Å²) in [7, 11) is -4.00. The minimum Gasteiger partial charge on any atom is -0.458 e. The monoisotopic (exact) mass is 299 g/mol. The minimum absolute atomic E-state index is 0.101. The van der Waals surface area contributed by atoms with Crippen LogP contribution in [0.2, 0.25) is 0 Å². The van der Waals surface area contributed by atoms with Crippen LogP contribution in [0.5, 0.6) is 0 Å². The topological polar surface area (TPSA) is 115 Å². The number of nitrogens with one attached hydrogen (secondary N) is 1. The third kappa shape index (κ3) is 2.57. The number of ether oxygens (including phenoxy) is 1. The Morgan fingerprint density at radius 3 is 2.45 bits per heavy atom. The van der Waals surface area contributed by atoms with Crippen LogP contribution in [-0.2, 0) is 14.8 Å². The lowest BCUT2D eigenvalue weighted by molar-refractivity contribution is 0.0306. The molecule has 1 aromatic heterocycles. The van der Waals surface area contributed by atoms with E-state index in [0.717, 1.165) is 38.5 Å². The first-order valence-electron chi connectivity index (χ1n) is 6.79. The fraction of sp³-hybridized carbons (Fsp3) is 0.667. The quantitative estimate of drug-likeness (QED) is 0.806. The standard InChI is InChI=1S/C12H17N3O4S/c13-20(17,18)11-9(7-5-6-7)14-15-10(11)12(16)19-8-3-1-2-4-8/h7-8H,1-6H2,(H,14,15)(H2,13,17,18). The maximum absolute atomic E-state index is 12.1. The molecule has 0 saturated heterocycles. The van der Waals surface area contributed by atoms with E-state index in [2.05, 4.69) is 10.2 Å². The number of H-pyrrole nitrogens is 1. The molecule has 0 unspecified atom stereocenters. The Balaban J connectivity index is 1.90. The lowest BCUT2D eigenvalue weighted by atomic mass is 10.2. The second kappa shape index (κ2) is 4.85. The summed E-state index contributed by atoms with van der Waals surface area (Å²) in [6, 6.07) is 0. The summed E-state index contributed by atoms with van der Waals surface area (Å²) < 4.78 is 28.7. The summed E-state index contributed by atoms with van der Waals surface area (Å²) >= 11 is 0. The van der Waals surface area contributed by atoms with Gasteiger partial charge in [0.25, 0.3) is 0 Å². The number of hydrogen-bond acceptors (Lipinski definition) is 5. The molecule has 0 bridgehead atoms. The first-order chi connectivity index (χ1) is 9.47. The zero-order chi connectivity index (χ0) is 14.3. The summed E-state index contributed by atoms with van der Waals surface area (Å²) in [5.41, 5.74) is 0.229. The smallest absolute Gasteiger partial charge is 0.360 e. The van der Waals surface area contributed by atoms with Crippen LogP contribution in [-0.4, -0.2) is 30.7 Å². The van der Waals surface area contributed by atoms with Crippen LogP contribution in [0.4, 0.5) is 0 Å². The highest BCUT2D eigenvalue weighted by Gasteiger charge is 2.37. The zero-order valence-electron chi connectivity index (χ0n) is 11.0. The number of nitrogens with two attached hydrogens (primary N) is 1. The van der Waals surface area contributed by atoms with E-state index in [0.29, 0.717) is 5.69 Å². The Morgan fingerprint density at radius 1 is 1.25 bits per heavy atom. The number of aromatic amines is 1. The first-order valence-corrected chi connectivity index (χ1v) is 8.33. The predicted molar refractivity (Wildman–Crippen MR) is 69.6 cm³/mol. The van der Waals surface area contributed by atoms with Crippen molar-refractivity contribution in [3.63, 3.8) is 0 Å². The number of aromatic nitrogens is 2. The highest BCUT2D eigenvalue weighted by molar-refractivity contribution is 7.89. The van der Waals surface area contributed by atoms with Gasteiger partial charge in [-0.25, -0.2) is 18.4 Å². The summed E-state index contributed by atoms with van der Waals surface area (Å²) in [4.78, 5) is 11.9. The van der Waals surface area contributed by atoms with Crippen molar-refractivity contribution in [3.05, 3.63) is 11.4 Å². The van der Waals surface area contributed by atoms with Crippen molar-refractivity contribution in [3.8, 4) is 0 Å². The third-order valence-electron chi connectivity index (χ3n) is 3.79. The van der Waals surface area contributed by atoms with Crippen molar-refractivity contribution < 1.29 is 17.9 Å². The van der Waals surface area contributed by atoms with E-state index in [-0.39, 0.29) is 22.6 Å². The maximum atomic E-state index is 12.1. The van der Waals surface area contributed by atoms with Crippen molar-refractivity contribution in [2.75, 3.05) is 0 Å². The molecule has 1 aromatic rings. The Kier molecular flexibility index (Phi) is 3.29. The molecule has 0 radical (unpaired) electrons. The average Bonchev–Trinajstić information content (AvgIpc) is 2.90. The second-order valence-electron chi connectivity index (χ2n) is 5.45. The SMILES string of the molecule is NS(=O)(=O)c1c(C(=O)OC2CCCC2)n[nH]c1C1CC1. The molecule has 0 amide bonds. The van der Waals surface area contributed by atoms with Crippen LogP contribution in [0.1, 0.15) is 60.6 Å². The van der Waals surface area contributed by atoms with Crippen molar-refractivity contribution in [2.45, 2.75) is 55.4 Å². The van der Waals surface area contributed by atoms with E-state index in [1.54, 1.807) is 0 Å². The summed E-state index contributed by atoms with van der Waals surface area (Å²) in [5, 5.41) is 11.7. The third-order valence-corrected chi connectivity index (χ3v) is 4.77. The lowest BCUT2D eigenvalue weighted by Gasteiger charge is -2.10. The fourth-order valence-corrected chi connectivity index (χ4v) is 3.55. The molecule has 3 N–H and O–H groups in total. The number of sulfonamides is 1. The molecule has 2 aliphatic carbocycles. The van der Waals surface area contributed by atoms with Gasteiger partial charge in [0.15, 0.2) is 5.69 Å². The molecule has 0 spiro atoms.